The summed E-state index contributed by atoms with van der Waals surface area (Å²) < 4.78 is 0. The Morgan fingerprint density at radius 3 is 2.41 bits per heavy atom. The average Bonchev–Trinajstić information content (AvgIpc) is 3.29. The molecule has 2 aromatic rings. The van der Waals surface area contributed by atoms with E-state index in [0.717, 1.165) is 42.4 Å². The minimum absolute atomic E-state index is 0.0151. The van der Waals surface area contributed by atoms with Crippen LogP contribution in [0.5, 0.6) is 0 Å². The van der Waals surface area contributed by atoms with Crippen molar-refractivity contribution in [1.82, 2.24) is 10.2 Å². The van der Waals surface area contributed by atoms with E-state index in [0.29, 0.717) is 29.5 Å². The zero-order valence-electron chi connectivity index (χ0n) is 19.0. The zero-order chi connectivity index (χ0) is 22.9. The maximum atomic E-state index is 13.4. The summed E-state index contributed by atoms with van der Waals surface area (Å²) in [7, 11) is 0. The SMILES string of the molecule is CC[C@H](C(=O)NC1CCCC1)N(Cc1ccccc1C)C(=O)CSCc1ccccc1Cl. The van der Waals surface area contributed by atoms with Crippen LogP contribution < -0.4 is 5.32 Å². The number of halogens is 1. The highest BCUT2D eigenvalue weighted by Gasteiger charge is 2.30. The Morgan fingerprint density at radius 1 is 1.09 bits per heavy atom. The highest BCUT2D eigenvalue weighted by Crippen LogP contribution is 2.23. The lowest BCUT2D eigenvalue weighted by Crippen LogP contribution is -2.51. The van der Waals surface area contributed by atoms with Crippen molar-refractivity contribution in [2.45, 2.75) is 70.3 Å². The number of aryl methyl sites for hydroxylation is 1. The number of amides is 2. The second-order valence-corrected chi connectivity index (χ2v) is 9.84. The van der Waals surface area contributed by atoms with Gasteiger partial charge in [0.2, 0.25) is 11.8 Å². The van der Waals surface area contributed by atoms with E-state index in [1.807, 2.05) is 62.4 Å². The molecule has 6 heteroatoms. The third-order valence-electron chi connectivity index (χ3n) is 6.13. The molecule has 0 aliphatic heterocycles. The molecule has 172 valence electrons. The first-order chi connectivity index (χ1) is 15.5. The predicted molar refractivity (Wildman–Crippen MR) is 134 cm³/mol. The molecule has 3 rings (SSSR count). The van der Waals surface area contributed by atoms with Crippen LogP contribution in [0.2, 0.25) is 5.02 Å². The van der Waals surface area contributed by atoms with Crippen LogP contribution in [0.15, 0.2) is 48.5 Å². The summed E-state index contributed by atoms with van der Waals surface area (Å²) in [5, 5.41) is 3.91. The van der Waals surface area contributed by atoms with E-state index >= 15 is 0 Å². The summed E-state index contributed by atoms with van der Waals surface area (Å²) in [4.78, 5) is 28.3. The van der Waals surface area contributed by atoms with Crippen LogP contribution in [0.1, 0.15) is 55.7 Å². The fourth-order valence-electron chi connectivity index (χ4n) is 4.20. The number of nitrogens with zero attached hydrogens (tertiary/aromatic N) is 1. The van der Waals surface area contributed by atoms with E-state index in [2.05, 4.69) is 5.32 Å². The summed E-state index contributed by atoms with van der Waals surface area (Å²) in [5.74, 6) is 0.926. The zero-order valence-corrected chi connectivity index (χ0v) is 20.6. The van der Waals surface area contributed by atoms with Gasteiger partial charge in [-0.1, -0.05) is 73.8 Å². The highest BCUT2D eigenvalue weighted by molar-refractivity contribution is 7.99. The van der Waals surface area contributed by atoms with Crippen LogP contribution in [0.4, 0.5) is 0 Å². The Hall–Kier alpha value is -1.98. The Bertz CT molecular complexity index is 914. The van der Waals surface area contributed by atoms with Gasteiger partial charge in [0.05, 0.1) is 5.75 Å². The van der Waals surface area contributed by atoms with Crippen LogP contribution in [-0.2, 0) is 21.9 Å². The molecule has 0 bridgehead atoms. The van der Waals surface area contributed by atoms with E-state index in [-0.39, 0.29) is 17.9 Å². The lowest BCUT2D eigenvalue weighted by molar-refractivity contribution is -0.139. The maximum absolute atomic E-state index is 13.4. The van der Waals surface area contributed by atoms with Crippen molar-refractivity contribution in [2.24, 2.45) is 0 Å². The van der Waals surface area contributed by atoms with Crippen LogP contribution in [0.25, 0.3) is 0 Å². The molecule has 1 N–H and O–H groups in total. The van der Waals surface area contributed by atoms with Crippen molar-refractivity contribution in [3.63, 3.8) is 0 Å². The van der Waals surface area contributed by atoms with Crippen molar-refractivity contribution in [2.75, 3.05) is 5.75 Å². The molecule has 0 spiro atoms. The summed E-state index contributed by atoms with van der Waals surface area (Å²) in [6, 6.07) is 15.5. The first-order valence-electron chi connectivity index (χ1n) is 11.4. The summed E-state index contributed by atoms with van der Waals surface area (Å²) in [6.45, 7) is 4.46. The van der Waals surface area contributed by atoms with Gasteiger partial charge in [-0.2, -0.15) is 0 Å². The van der Waals surface area contributed by atoms with Gasteiger partial charge >= 0.3 is 0 Å². The van der Waals surface area contributed by atoms with Gasteiger partial charge in [-0.05, 0) is 48.9 Å². The Labute approximate surface area is 201 Å². The molecule has 0 unspecified atom stereocenters. The van der Waals surface area contributed by atoms with Crippen molar-refractivity contribution in [3.8, 4) is 0 Å². The van der Waals surface area contributed by atoms with E-state index in [9.17, 15) is 9.59 Å². The molecule has 1 aliphatic rings. The lowest BCUT2D eigenvalue weighted by Gasteiger charge is -2.32. The minimum atomic E-state index is -0.469. The molecule has 2 amide bonds. The van der Waals surface area contributed by atoms with Gasteiger partial charge < -0.3 is 10.2 Å². The number of carbonyl (C=O) groups excluding carboxylic acids is 2. The van der Waals surface area contributed by atoms with Gasteiger partial charge in [-0.25, -0.2) is 0 Å². The molecule has 1 fully saturated rings. The molecule has 2 aromatic carbocycles. The van der Waals surface area contributed by atoms with Crippen LogP contribution in [0.3, 0.4) is 0 Å². The molecule has 0 radical (unpaired) electrons. The first kappa shape index (κ1) is 24.7. The van der Waals surface area contributed by atoms with Gasteiger partial charge in [0.15, 0.2) is 0 Å². The molecule has 0 heterocycles. The average molecular weight is 473 g/mol. The van der Waals surface area contributed by atoms with Gasteiger partial charge in [0, 0.05) is 23.4 Å². The number of thioether (sulfide) groups is 1. The van der Waals surface area contributed by atoms with Crippen LogP contribution >= 0.6 is 23.4 Å². The minimum Gasteiger partial charge on any atom is -0.352 e. The van der Waals surface area contributed by atoms with Crippen molar-refractivity contribution < 1.29 is 9.59 Å². The number of hydrogen-bond acceptors (Lipinski definition) is 3. The Kier molecular flexibility index (Phi) is 9.49. The van der Waals surface area contributed by atoms with E-state index < -0.39 is 6.04 Å². The number of benzene rings is 2. The Balaban J connectivity index is 1.72. The van der Waals surface area contributed by atoms with Crippen molar-refractivity contribution >= 4 is 35.2 Å². The van der Waals surface area contributed by atoms with Gasteiger partial charge in [0.25, 0.3) is 0 Å². The monoisotopic (exact) mass is 472 g/mol. The predicted octanol–water partition coefficient (Wildman–Crippen LogP) is 5.75. The Morgan fingerprint density at radius 2 is 1.75 bits per heavy atom. The van der Waals surface area contributed by atoms with E-state index in [4.69, 9.17) is 11.6 Å². The van der Waals surface area contributed by atoms with Crippen LogP contribution in [-0.4, -0.2) is 34.6 Å². The molecule has 0 saturated heterocycles. The van der Waals surface area contributed by atoms with Crippen molar-refractivity contribution in [3.05, 3.63) is 70.2 Å². The first-order valence-corrected chi connectivity index (χ1v) is 13.0. The topological polar surface area (TPSA) is 49.4 Å². The van der Waals surface area contributed by atoms with Gasteiger partial charge in [0.1, 0.15) is 6.04 Å². The van der Waals surface area contributed by atoms with E-state index in [1.165, 1.54) is 11.8 Å². The molecule has 0 aromatic heterocycles. The number of rotatable bonds is 10. The number of hydrogen-bond donors (Lipinski definition) is 1. The standard InChI is InChI=1S/C26H33ClN2O2S/c1-3-24(26(31)28-22-13-7-8-14-22)29(16-20-11-5-4-10-19(20)2)25(30)18-32-17-21-12-6-9-15-23(21)27/h4-6,9-12,15,22,24H,3,7-8,13-14,16-18H2,1-2H3,(H,28,31)/t24-/m1/s1. The summed E-state index contributed by atoms with van der Waals surface area (Å²) in [6.07, 6.45) is 4.97. The number of carbonyl (C=O) groups is 2. The fourth-order valence-corrected chi connectivity index (χ4v) is 5.40. The van der Waals surface area contributed by atoms with Crippen LogP contribution in [0, 0.1) is 6.92 Å². The second-order valence-electron chi connectivity index (χ2n) is 8.45. The van der Waals surface area contributed by atoms with Gasteiger partial charge in [-0.15, -0.1) is 11.8 Å². The summed E-state index contributed by atoms with van der Waals surface area (Å²) in [5.41, 5.74) is 3.22. The maximum Gasteiger partial charge on any atom is 0.243 e. The third kappa shape index (κ3) is 6.76. The normalized spacial score (nSPS) is 14.8. The van der Waals surface area contributed by atoms with E-state index in [1.54, 1.807) is 4.90 Å². The smallest absolute Gasteiger partial charge is 0.243 e. The molecular formula is C26H33ClN2O2S. The molecular weight excluding hydrogens is 440 g/mol. The largest absolute Gasteiger partial charge is 0.352 e. The lowest BCUT2D eigenvalue weighted by atomic mass is 10.1. The third-order valence-corrected chi connectivity index (χ3v) is 7.47. The summed E-state index contributed by atoms with van der Waals surface area (Å²) >= 11 is 7.80. The second kappa shape index (κ2) is 12.3. The molecule has 1 atom stereocenters. The molecule has 1 saturated carbocycles. The number of nitrogens with one attached hydrogen (secondary N) is 1. The quantitative estimate of drug-likeness (QED) is 0.479. The fraction of sp³-hybridized carbons (Fsp3) is 0.462. The van der Waals surface area contributed by atoms with Gasteiger partial charge in [-0.3, -0.25) is 9.59 Å². The highest BCUT2D eigenvalue weighted by atomic mass is 35.5. The molecule has 1 aliphatic carbocycles. The van der Waals surface area contributed by atoms with Crippen molar-refractivity contribution in [1.29, 1.82) is 0 Å². The molecule has 4 nitrogen and oxygen atoms in total. The molecule has 32 heavy (non-hydrogen) atoms.